The van der Waals surface area contributed by atoms with Gasteiger partial charge in [0.25, 0.3) is 0 Å². The van der Waals surface area contributed by atoms with Gasteiger partial charge in [0.2, 0.25) is 0 Å². The second-order valence-corrected chi connectivity index (χ2v) is 3.15. The van der Waals surface area contributed by atoms with Crippen molar-refractivity contribution in [3.63, 3.8) is 0 Å². The molecule has 5 heteroatoms. The lowest BCUT2D eigenvalue weighted by atomic mass is 10.1. The summed E-state index contributed by atoms with van der Waals surface area (Å²) in [6, 6.07) is 0. The number of anilines is 1. The SMILES string of the molecule is C=C/C(=C\C=C/C)c1cnc(N)c(C(=O)O)n1. The fourth-order valence-corrected chi connectivity index (χ4v) is 1.15. The van der Waals surface area contributed by atoms with Crippen LogP contribution >= 0.6 is 0 Å². The van der Waals surface area contributed by atoms with Crippen molar-refractivity contribution in [3.05, 3.63) is 48.5 Å². The zero-order chi connectivity index (χ0) is 12.8. The highest BCUT2D eigenvalue weighted by molar-refractivity contribution is 5.90. The van der Waals surface area contributed by atoms with Crippen LogP contribution in [0.1, 0.15) is 23.1 Å². The van der Waals surface area contributed by atoms with E-state index < -0.39 is 5.97 Å². The topological polar surface area (TPSA) is 89.1 Å². The van der Waals surface area contributed by atoms with E-state index in [4.69, 9.17) is 10.8 Å². The lowest BCUT2D eigenvalue weighted by molar-refractivity contribution is 0.0691. The minimum atomic E-state index is -1.20. The molecule has 5 nitrogen and oxygen atoms in total. The summed E-state index contributed by atoms with van der Waals surface area (Å²) in [4.78, 5) is 18.6. The first-order chi connectivity index (χ1) is 8.10. The van der Waals surface area contributed by atoms with Crippen LogP contribution in [0.25, 0.3) is 5.57 Å². The third kappa shape index (κ3) is 3.01. The van der Waals surface area contributed by atoms with Gasteiger partial charge in [-0.2, -0.15) is 0 Å². The number of hydrogen-bond acceptors (Lipinski definition) is 4. The summed E-state index contributed by atoms with van der Waals surface area (Å²) in [5.41, 5.74) is 6.26. The summed E-state index contributed by atoms with van der Waals surface area (Å²) in [6.45, 7) is 5.51. The molecule has 0 fully saturated rings. The van der Waals surface area contributed by atoms with Crippen LogP contribution in [0.4, 0.5) is 5.82 Å². The molecule has 0 radical (unpaired) electrons. The molecule has 0 amide bonds. The molecule has 0 spiro atoms. The monoisotopic (exact) mass is 231 g/mol. The lowest BCUT2D eigenvalue weighted by Crippen LogP contribution is -2.09. The number of rotatable bonds is 4. The first-order valence-corrected chi connectivity index (χ1v) is 4.91. The Kier molecular flexibility index (Phi) is 4.16. The molecular weight excluding hydrogens is 218 g/mol. The summed E-state index contributed by atoms with van der Waals surface area (Å²) in [7, 11) is 0. The number of nitrogens with zero attached hydrogens (tertiary/aromatic N) is 2. The lowest BCUT2D eigenvalue weighted by Gasteiger charge is -2.03. The maximum Gasteiger partial charge on any atom is 0.358 e. The Labute approximate surface area is 99.0 Å². The van der Waals surface area contributed by atoms with E-state index in [2.05, 4.69) is 16.5 Å². The second kappa shape index (κ2) is 5.60. The number of aromatic nitrogens is 2. The predicted octanol–water partition coefficient (Wildman–Crippen LogP) is 1.90. The second-order valence-electron chi connectivity index (χ2n) is 3.15. The van der Waals surface area contributed by atoms with Crippen molar-refractivity contribution in [2.24, 2.45) is 0 Å². The van der Waals surface area contributed by atoms with E-state index in [0.717, 1.165) is 0 Å². The minimum Gasteiger partial charge on any atom is -0.476 e. The Bertz CT molecular complexity index is 504. The van der Waals surface area contributed by atoms with Crippen molar-refractivity contribution in [1.82, 2.24) is 9.97 Å². The van der Waals surface area contributed by atoms with E-state index in [-0.39, 0.29) is 11.5 Å². The summed E-state index contributed by atoms with van der Waals surface area (Å²) in [5.74, 6) is -1.30. The molecule has 1 aromatic rings. The molecule has 1 heterocycles. The number of nitrogens with two attached hydrogens (primary N) is 1. The van der Waals surface area contributed by atoms with Gasteiger partial charge in [-0.1, -0.05) is 30.9 Å². The highest BCUT2D eigenvalue weighted by Gasteiger charge is 2.12. The average molecular weight is 231 g/mol. The van der Waals surface area contributed by atoms with Crippen molar-refractivity contribution >= 4 is 17.4 Å². The Morgan fingerprint density at radius 3 is 2.82 bits per heavy atom. The van der Waals surface area contributed by atoms with Gasteiger partial charge in [0.05, 0.1) is 11.9 Å². The molecule has 0 unspecified atom stereocenters. The first kappa shape index (κ1) is 12.6. The molecule has 1 aromatic heterocycles. The Hall–Kier alpha value is -2.43. The largest absolute Gasteiger partial charge is 0.476 e. The number of carbonyl (C=O) groups is 1. The van der Waals surface area contributed by atoms with E-state index in [1.54, 1.807) is 18.2 Å². The molecule has 17 heavy (non-hydrogen) atoms. The van der Waals surface area contributed by atoms with Gasteiger partial charge in [-0.05, 0) is 6.92 Å². The van der Waals surface area contributed by atoms with Crippen LogP contribution in [0, 0.1) is 0 Å². The van der Waals surface area contributed by atoms with Gasteiger partial charge in [0.15, 0.2) is 11.5 Å². The number of allylic oxidation sites excluding steroid dienone is 5. The van der Waals surface area contributed by atoms with Crippen molar-refractivity contribution in [2.75, 3.05) is 5.73 Å². The Morgan fingerprint density at radius 1 is 1.59 bits per heavy atom. The highest BCUT2D eigenvalue weighted by atomic mass is 16.4. The van der Waals surface area contributed by atoms with Gasteiger partial charge in [-0.3, -0.25) is 0 Å². The molecule has 0 aromatic carbocycles. The van der Waals surface area contributed by atoms with Crippen LogP contribution in [0.3, 0.4) is 0 Å². The highest BCUT2D eigenvalue weighted by Crippen LogP contribution is 2.15. The maximum atomic E-state index is 10.9. The van der Waals surface area contributed by atoms with Crippen LogP contribution in [0.5, 0.6) is 0 Å². The van der Waals surface area contributed by atoms with Gasteiger partial charge >= 0.3 is 5.97 Å². The third-order valence-corrected chi connectivity index (χ3v) is 1.99. The number of aromatic carboxylic acids is 1. The van der Waals surface area contributed by atoms with Crippen LogP contribution in [0.2, 0.25) is 0 Å². The quantitative estimate of drug-likeness (QED) is 0.772. The van der Waals surface area contributed by atoms with E-state index in [0.29, 0.717) is 11.3 Å². The summed E-state index contributed by atoms with van der Waals surface area (Å²) < 4.78 is 0. The molecule has 1 rings (SSSR count). The van der Waals surface area contributed by atoms with Crippen LogP contribution in [-0.2, 0) is 0 Å². The first-order valence-electron chi connectivity index (χ1n) is 4.91. The Balaban J connectivity index is 3.27. The predicted molar refractivity (Wildman–Crippen MR) is 66.4 cm³/mol. The van der Waals surface area contributed by atoms with Gasteiger partial charge in [0.1, 0.15) is 0 Å². The van der Waals surface area contributed by atoms with Gasteiger partial charge in [-0.25, -0.2) is 14.8 Å². The van der Waals surface area contributed by atoms with E-state index in [1.165, 1.54) is 6.20 Å². The average Bonchev–Trinajstić information content (AvgIpc) is 2.31. The fourth-order valence-electron chi connectivity index (χ4n) is 1.15. The van der Waals surface area contributed by atoms with E-state index in [9.17, 15) is 4.79 Å². The smallest absolute Gasteiger partial charge is 0.358 e. The number of carboxylic acids is 1. The molecule has 0 saturated carbocycles. The number of hydrogen-bond donors (Lipinski definition) is 2. The normalized spacial score (nSPS) is 11.7. The molecule has 88 valence electrons. The maximum absolute atomic E-state index is 10.9. The van der Waals surface area contributed by atoms with Gasteiger partial charge < -0.3 is 10.8 Å². The van der Waals surface area contributed by atoms with Gasteiger partial charge in [-0.15, -0.1) is 0 Å². The van der Waals surface area contributed by atoms with Crippen molar-refractivity contribution < 1.29 is 9.90 Å². The number of nitrogen functional groups attached to an aromatic ring is 1. The minimum absolute atomic E-state index is 0.101. The molecule has 0 aliphatic heterocycles. The molecule has 0 saturated heterocycles. The van der Waals surface area contributed by atoms with E-state index in [1.807, 2.05) is 13.0 Å². The summed E-state index contributed by atoms with van der Waals surface area (Å²) >= 11 is 0. The third-order valence-electron chi connectivity index (χ3n) is 1.99. The van der Waals surface area contributed by atoms with Crippen LogP contribution in [0.15, 0.2) is 37.1 Å². The standard InChI is InChI=1S/C12H13N3O2/c1-3-5-6-8(4-2)9-7-14-11(13)10(15-9)12(16)17/h3-7H,2H2,1H3,(H2,13,14)(H,16,17)/b5-3-,8-6+. The van der Waals surface area contributed by atoms with Gasteiger partial charge in [0, 0.05) is 5.57 Å². The summed E-state index contributed by atoms with van der Waals surface area (Å²) in [5, 5.41) is 8.88. The molecule has 0 bridgehead atoms. The van der Waals surface area contributed by atoms with Crippen LogP contribution < -0.4 is 5.73 Å². The van der Waals surface area contributed by atoms with Crippen LogP contribution in [-0.4, -0.2) is 21.0 Å². The van der Waals surface area contributed by atoms with Crippen molar-refractivity contribution in [3.8, 4) is 0 Å². The molecule has 0 aliphatic carbocycles. The summed E-state index contributed by atoms with van der Waals surface area (Å²) in [6.07, 6.45) is 8.39. The molecule has 3 N–H and O–H groups in total. The molecule has 0 atom stereocenters. The Morgan fingerprint density at radius 2 is 2.29 bits per heavy atom. The number of carboxylic acid groups (broad SMARTS) is 1. The zero-order valence-corrected chi connectivity index (χ0v) is 9.42. The van der Waals surface area contributed by atoms with Crippen molar-refractivity contribution in [1.29, 1.82) is 0 Å². The fraction of sp³-hybridized carbons (Fsp3) is 0.0833. The van der Waals surface area contributed by atoms with E-state index >= 15 is 0 Å². The molecule has 0 aliphatic rings. The zero-order valence-electron chi connectivity index (χ0n) is 9.42. The molecular formula is C12H13N3O2. The van der Waals surface area contributed by atoms with Crippen molar-refractivity contribution in [2.45, 2.75) is 6.92 Å².